The average Bonchev–Trinajstić information content (AvgIpc) is 3.13. The topological polar surface area (TPSA) is 44.0 Å². The van der Waals surface area contributed by atoms with E-state index in [1.54, 1.807) is 0 Å². The van der Waals surface area contributed by atoms with E-state index >= 15 is 0 Å². The van der Waals surface area contributed by atoms with Crippen molar-refractivity contribution in [1.29, 1.82) is 5.26 Å². The van der Waals surface area contributed by atoms with Gasteiger partial charge in [0.15, 0.2) is 0 Å². The molecule has 1 aliphatic carbocycles. The second kappa shape index (κ2) is 3.58. The Labute approximate surface area is 100 Å². The second-order valence-corrected chi connectivity index (χ2v) is 4.73. The quantitative estimate of drug-likeness (QED) is 0.850. The van der Waals surface area contributed by atoms with Crippen LogP contribution in [-0.4, -0.2) is 11.7 Å². The molecule has 1 aliphatic rings. The summed E-state index contributed by atoms with van der Waals surface area (Å²) in [5.74, 6) is 0.105. The van der Waals surface area contributed by atoms with Gasteiger partial charge in [0.1, 0.15) is 0 Å². The molecule has 2 unspecified atom stereocenters. The number of benzene rings is 2. The van der Waals surface area contributed by atoms with Gasteiger partial charge in [-0.2, -0.15) is 5.26 Å². The highest BCUT2D eigenvalue weighted by Crippen LogP contribution is 2.53. The Balaban J connectivity index is 2.11. The Morgan fingerprint density at radius 3 is 2.65 bits per heavy atom. The van der Waals surface area contributed by atoms with Gasteiger partial charge in [-0.1, -0.05) is 36.4 Å². The molecule has 0 aliphatic heterocycles. The molecule has 0 amide bonds. The van der Waals surface area contributed by atoms with Crippen LogP contribution in [0.2, 0.25) is 0 Å². The van der Waals surface area contributed by atoms with Crippen molar-refractivity contribution >= 4 is 10.8 Å². The molecule has 0 spiro atoms. The summed E-state index contributed by atoms with van der Waals surface area (Å²) in [7, 11) is 0. The highest BCUT2D eigenvalue weighted by Gasteiger charge is 2.55. The number of nitrogens with zero attached hydrogens (tertiary/aromatic N) is 1. The standard InChI is InChI=1S/C15H13NO/c16-10-15(8-14(15)9-17)13-6-5-11-3-1-2-4-12(11)7-13/h1-7,14,17H,8-9H2. The van der Waals surface area contributed by atoms with E-state index in [-0.39, 0.29) is 12.5 Å². The van der Waals surface area contributed by atoms with Crippen LogP contribution in [0.1, 0.15) is 12.0 Å². The van der Waals surface area contributed by atoms with Gasteiger partial charge >= 0.3 is 0 Å². The largest absolute Gasteiger partial charge is 0.396 e. The number of rotatable bonds is 2. The van der Waals surface area contributed by atoms with E-state index in [2.05, 4.69) is 30.3 Å². The van der Waals surface area contributed by atoms with E-state index in [0.717, 1.165) is 17.4 Å². The molecule has 17 heavy (non-hydrogen) atoms. The van der Waals surface area contributed by atoms with Crippen LogP contribution in [0.25, 0.3) is 10.8 Å². The zero-order valence-electron chi connectivity index (χ0n) is 9.43. The van der Waals surface area contributed by atoms with Crippen LogP contribution >= 0.6 is 0 Å². The van der Waals surface area contributed by atoms with E-state index in [1.165, 1.54) is 5.39 Å². The van der Waals surface area contributed by atoms with Crippen LogP contribution in [0.3, 0.4) is 0 Å². The van der Waals surface area contributed by atoms with Crippen LogP contribution < -0.4 is 0 Å². The summed E-state index contributed by atoms with van der Waals surface area (Å²) in [5, 5.41) is 20.9. The van der Waals surface area contributed by atoms with Crippen molar-refractivity contribution < 1.29 is 5.11 Å². The summed E-state index contributed by atoms with van der Waals surface area (Å²) >= 11 is 0. The lowest BCUT2D eigenvalue weighted by Crippen LogP contribution is -2.08. The lowest BCUT2D eigenvalue weighted by Gasteiger charge is -2.09. The molecule has 3 rings (SSSR count). The summed E-state index contributed by atoms with van der Waals surface area (Å²) in [6, 6.07) is 16.7. The molecule has 1 fully saturated rings. The van der Waals surface area contributed by atoms with Crippen molar-refractivity contribution in [3.63, 3.8) is 0 Å². The third-order valence-electron chi connectivity index (χ3n) is 3.79. The molecule has 84 valence electrons. The van der Waals surface area contributed by atoms with Crippen molar-refractivity contribution in [2.24, 2.45) is 5.92 Å². The monoisotopic (exact) mass is 223 g/mol. The first-order valence-electron chi connectivity index (χ1n) is 5.81. The zero-order chi connectivity index (χ0) is 11.9. The van der Waals surface area contributed by atoms with Crippen LogP contribution in [0, 0.1) is 17.2 Å². The smallest absolute Gasteiger partial charge is 0.0877 e. The minimum atomic E-state index is -0.446. The second-order valence-electron chi connectivity index (χ2n) is 4.73. The van der Waals surface area contributed by atoms with Gasteiger partial charge in [-0.3, -0.25) is 0 Å². The summed E-state index contributed by atoms with van der Waals surface area (Å²) in [5.41, 5.74) is 0.594. The Morgan fingerprint density at radius 2 is 2.00 bits per heavy atom. The molecule has 0 bridgehead atoms. The molecule has 2 aromatic carbocycles. The van der Waals surface area contributed by atoms with Gasteiger partial charge in [-0.25, -0.2) is 0 Å². The molecule has 0 heterocycles. The van der Waals surface area contributed by atoms with E-state index in [1.807, 2.05) is 18.2 Å². The van der Waals surface area contributed by atoms with Gasteiger partial charge in [-0.15, -0.1) is 0 Å². The average molecular weight is 223 g/mol. The number of aliphatic hydroxyl groups excluding tert-OH is 1. The number of hydrogen-bond acceptors (Lipinski definition) is 2. The number of hydrogen-bond donors (Lipinski definition) is 1. The van der Waals surface area contributed by atoms with E-state index in [9.17, 15) is 10.4 Å². The summed E-state index contributed by atoms with van der Waals surface area (Å²) < 4.78 is 0. The fourth-order valence-corrected chi connectivity index (χ4v) is 2.57. The van der Waals surface area contributed by atoms with Crippen molar-refractivity contribution in [2.75, 3.05) is 6.61 Å². The first-order chi connectivity index (χ1) is 8.30. The Bertz CT molecular complexity index is 614. The SMILES string of the molecule is N#CC1(c2ccc3ccccc3c2)CC1CO. The molecule has 1 N–H and O–H groups in total. The van der Waals surface area contributed by atoms with Crippen LogP contribution in [0.4, 0.5) is 0 Å². The normalized spacial score (nSPS) is 26.7. The predicted molar refractivity (Wildman–Crippen MR) is 66.4 cm³/mol. The molecule has 2 aromatic rings. The minimum Gasteiger partial charge on any atom is -0.396 e. The van der Waals surface area contributed by atoms with Gasteiger partial charge in [0, 0.05) is 12.5 Å². The highest BCUT2D eigenvalue weighted by molar-refractivity contribution is 5.83. The molecule has 0 saturated heterocycles. The summed E-state index contributed by atoms with van der Waals surface area (Å²) in [6.45, 7) is 0.0976. The fourth-order valence-electron chi connectivity index (χ4n) is 2.57. The van der Waals surface area contributed by atoms with E-state index in [0.29, 0.717) is 0 Å². The molecule has 2 nitrogen and oxygen atoms in total. The first kappa shape index (κ1) is 10.3. The molecule has 0 aromatic heterocycles. The lowest BCUT2D eigenvalue weighted by molar-refractivity contribution is 0.269. The summed E-state index contributed by atoms with van der Waals surface area (Å²) in [6.07, 6.45) is 0.776. The van der Waals surface area contributed by atoms with Crippen molar-refractivity contribution in [1.82, 2.24) is 0 Å². The van der Waals surface area contributed by atoms with Crippen molar-refractivity contribution in [3.05, 3.63) is 48.0 Å². The molecular weight excluding hydrogens is 210 g/mol. The van der Waals surface area contributed by atoms with E-state index in [4.69, 9.17) is 0 Å². The molecule has 1 saturated carbocycles. The Hall–Kier alpha value is -1.85. The fraction of sp³-hybridized carbons (Fsp3) is 0.267. The maximum Gasteiger partial charge on any atom is 0.0877 e. The highest BCUT2D eigenvalue weighted by atomic mass is 16.3. The maximum atomic E-state index is 9.32. The molecule has 2 atom stereocenters. The van der Waals surface area contributed by atoms with Gasteiger partial charge in [0.2, 0.25) is 0 Å². The predicted octanol–water partition coefficient (Wildman–Crippen LogP) is 2.61. The number of fused-ring (bicyclic) bond motifs is 1. The maximum absolute atomic E-state index is 9.32. The summed E-state index contributed by atoms with van der Waals surface area (Å²) in [4.78, 5) is 0. The van der Waals surface area contributed by atoms with Crippen LogP contribution in [0.15, 0.2) is 42.5 Å². The first-order valence-corrected chi connectivity index (χ1v) is 5.81. The van der Waals surface area contributed by atoms with Gasteiger partial charge < -0.3 is 5.11 Å². The molecule has 0 radical (unpaired) electrons. The Kier molecular flexibility index (Phi) is 2.17. The van der Waals surface area contributed by atoms with Crippen LogP contribution in [-0.2, 0) is 5.41 Å². The van der Waals surface area contributed by atoms with E-state index < -0.39 is 5.41 Å². The lowest BCUT2D eigenvalue weighted by atomic mass is 9.93. The minimum absolute atomic E-state index is 0.0976. The number of aliphatic hydroxyl groups is 1. The van der Waals surface area contributed by atoms with Crippen molar-refractivity contribution in [3.8, 4) is 6.07 Å². The zero-order valence-corrected chi connectivity index (χ0v) is 9.43. The third-order valence-corrected chi connectivity index (χ3v) is 3.79. The van der Waals surface area contributed by atoms with Crippen LogP contribution in [0.5, 0.6) is 0 Å². The number of nitriles is 1. The Morgan fingerprint density at radius 1 is 1.24 bits per heavy atom. The van der Waals surface area contributed by atoms with Gasteiger partial charge in [0.25, 0.3) is 0 Å². The molecular formula is C15H13NO. The molecule has 2 heteroatoms. The third kappa shape index (κ3) is 1.44. The van der Waals surface area contributed by atoms with Crippen molar-refractivity contribution in [2.45, 2.75) is 11.8 Å². The van der Waals surface area contributed by atoms with Gasteiger partial charge in [0.05, 0.1) is 11.5 Å². The van der Waals surface area contributed by atoms with Gasteiger partial charge in [-0.05, 0) is 28.8 Å².